The van der Waals surface area contributed by atoms with E-state index < -0.39 is 0 Å². The number of carbonyl (C=O) groups excluding carboxylic acids is 1. The molecule has 28 heavy (non-hydrogen) atoms. The molecule has 0 aromatic carbocycles. The molecule has 2 aliphatic rings. The van der Waals surface area contributed by atoms with Gasteiger partial charge in [0, 0.05) is 38.0 Å². The molecule has 150 valence electrons. The Morgan fingerprint density at radius 2 is 2.29 bits per heavy atom. The van der Waals surface area contributed by atoms with E-state index in [0.29, 0.717) is 37.1 Å². The molecule has 0 aliphatic carbocycles. The first-order chi connectivity index (χ1) is 13.7. The lowest BCUT2D eigenvalue weighted by molar-refractivity contribution is 0.0674. The van der Waals surface area contributed by atoms with Crippen LogP contribution in [-0.2, 0) is 24.2 Å². The summed E-state index contributed by atoms with van der Waals surface area (Å²) in [5.74, 6) is 1.02. The number of oxazole rings is 1. The Kier molecular flexibility index (Phi) is 5.59. The Hall–Kier alpha value is -2.45. The summed E-state index contributed by atoms with van der Waals surface area (Å²) in [6.07, 6.45) is 5.27. The van der Waals surface area contributed by atoms with Crippen molar-refractivity contribution in [3.05, 3.63) is 41.2 Å². The van der Waals surface area contributed by atoms with Gasteiger partial charge in [-0.1, -0.05) is 0 Å². The summed E-state index contributed by atoms with van der Waals surface area (Å²) in [6.45, 7) is 6.27. The molecule has 1 atom stereocenters. The molecule has 0 N–H and O–H groups in total. The van der Waals surface area contributed by atoms with Gasteiger partial charge < -0.3 is 18.8 Å². The summed E-state index contributed by atoms with van der Waals surface area (Å²) in [6, 6.07) is 1.99. The minimum Gasteiger partial charge on any atom is -0.481 e. The number of aromatic nitrogens is 2. The Balaban J connectivity index is 1.40. The maximum Gasteiger partial charge on any atom is 0.276 e. The van der Waals surface area contributed by atoms with Crippen LogP contribution in [0.3, 0.4) is 0 Å². The minimum atomic E-state index is -0.125. The highest BCUT2D eigenvalue weighted by atomic mass is 16.5. The quantitative estimate of drug-likeness (QED) is 0.750. The van der Waals surface area contributed by atoms with Crippen LogP contribution in [-0.4, -0.2) is 65.1 Å². The first kappa shape index (κ1) is 18.9. The Morgan fingerprint density at radius 3 is 3.11 bits per heavy atom. The fourth-order valence-electron chi connectivity index (χ4n) is 3.94. The van der Waals surface area contributed by atoms with Crippen molar-refractivity contribution < 1.29 is 18.7 Å². The first-order valence-electron chi connectivity index (χ1n) is 9.76. The van der Waals surface area contributed by atoms with Crippen LogP contribution in [0.1, 0.15) is 40.9 Å². The van der Waals surface area contributed by atoms with Crippen molar-refractivity contribution in [2.24, 2.45) is 0 Å². The third kappa shape index (κ3) is 3.88. The van der Waals surface area contributed by atoms with Crippen molar-refractivity contribution in [2.45, 2.75) is 39.0 Å². The van der Waals surface area contributed by atoms with Crippen molar-refractivity contribution in [3.8, 4) is 5.88 Å². The zero-order chi connectivity index (χ0) is 19.5. The third-order valence-electron chi connectivity index (χ3n) is 5.36. The van der Waals surface area contributed by atoms with Gasteiger partial charge in [0.15, 0.2) is 5.69 Å². The largest absolute Gasteiger partial charge is 0.481 e. The lowest BCUT2D eigenvalue weighted by Gasteiger charge is -2.28. The molecule has 8 heteroatoms. The van der Waals surface area contributed by atoms with Gasteiger partial charge in [-0.25, -0.2) is 9.97 Å². The molecule has 0 radical (unpaired) electrons. The highest BCUT2D eigenvalue weighted by Crippen LogP contribution is 2.26. The van der Waals surface area contributed by atoms with Gasteiger partial charge in [0.05, 0.1) is 26.3 Å². The molecule has 8 nitrogen and oxygen atoms in total. The number of pyridine rings is 1. The van der Waals surface area contributed by atoms with Crippen molar-refractivity contribution in [2.75, 3.05) is 33.4 Å². The molecule has 2 aliphatic heterocycles. The van der Waals surface area contributed by atoms with Crippen LogP contribution in [0, 0.1) is 0 Å². The predicted molar refractivity (Wildman–Crippen MR) is 101 cm³/mol. The Morgan fingerprint density at radius 1 is 1.39 bits per heavy atom. The Bertz CT molecular complexity index is 823. The van der Waals surface area contributed by atoms with Crippen molar-refractivity contribution >= 4 is 5.91 Å². The number of fused-ring (bicyclic) bond motifs is 1. The molecule has 2 aromatic rings. The van der Waals surface area contributed by atoms with Gasteiger partial charge in [-0.3, -0.25) is 9.69 Å². The molecular weight excluding hydrogens is 360 g/mol. The van der Waals surface area contributed by atoms with Crippen molar-refractivity contribution in [1.29, 1.82) is 0 Å². The molecule has 1 fully saturated rings. The normalized spacial score (nSPS) is 19.6. The van der Waals surface area contributed by atoms with E-state index in [2.05, 4.69) is 14.9 Å². The maximum atomic E-state index is 12.9. The molecule has 1 unspecified atom stereocenters. The lowest BCUT2D eigenvalue weighted by Crippen LogP contribution is -2.36. The second kappa shape index (κ2) is 8.28. The minimum absolute atomic E-state index is 0.125. The molecule has 4 heterocycles. The second-order valence-electron chi connectivity index (χ2n) is 7.16. The lowest BCUT2D eigenvalue weighted by atomic mass is 10.0. The summed E-state index contributed by atoms with van der Waals surface area (Å²) in [7, 11) is 1.60. The van der Waals surface area contributed by atoms with E-state index in [0.717, 1.165) is 38.1 Å². The van der Waals surface area contributed by atoms with E-state index in [1.807, 2.05) is 13.0 Å². The Labute approximate surface area is 164 Å². The number of methoxy groups -OCH3 is 1. The van der Waals surface area contributed by atoms with E-state index in [9.17, 15) is 4.79 Å². The molecule has 0 saturated carbocycles. The van der Waals surface area contributed by atoms with Crippen LogP contribution < -0.4 is 4.74 Å². The van der Waals surface area contributed by atoms with Gasteiger partial charge in [-0.15, -0.1) is 0 Å². The number of hydrogen-bond acceptors (Lipinski definition) is 7. The summed E-state index contributed by atoms with van der Waals surface area (Å²) in [4.78, 5) is 25.6. The third-order valence-corrected chi connectivity index (χ3v) is 5.36. The van der Waals surface area contributed by atoms with Crippen LogP contribution in [0.2, 0.25) is 0 Å². The van der Waals surface area contributed by atoms with E-state index in [1.165, 1.54) is 11.8 Å². The second-order valence-corrected chi connectivity index (χ2v) is 7.16. The monoisotopic (exact) mass is 386 g/mol. The smallest absolute Gasteiger partial charge is 0.276 e. The predicted octanol–water partition coefficient (Wildman–Crippen LogP) is 1.89. The number of rotatable bonds is 6. The van der Waals surface area contributed by atoms with Crippen LogP contribution in [0.25, 0.3) is 0 Å². The van der Waals surface area contributed by atoms with E-state index in [-0.39, 0.29) is 12.0 Å². The number of ether oxygens (including phenoxy) is 2. The topological polar surface area (TPSA) is 80.9 Å². The summed E-state index contributed by atoms with van der Waals surface area (Å²) in [5, 5.41) is 0. The number of carbonyl (C=O) groups is 1. The van der Waals surface area contributed by atoms with Gasteiger partial charge in [-0.2, -0.15) is 0 Å². The van der Waals surface area contributed by atoms with Crippen molar-refractivity contribution in [3.63, 3.8) is 0 Å². The first-order valence-corrected chi connectivity index (χ1v) is 9.76. The molecular formula is C20H26N4O4. The molecule has 0 bridgehead atoms. The summed E-state index contributed by atoms with van der Waals surface area (Å²) in [5.41, 5.74) is 2.49. The molecule has 4 rings (SSSR count). The van der Waals surface area contributed by atoms with E-state index in [4.69, 9.17) is 13.9 Å². The van der Waals surface area contributed by atoms with Crippen LogP contribution in [0.5, 0.6) is 5.88 Å². The van der Waals surface area contributed by atoms with Crippen LogP contribution >= 0.6 is 0 Å². The number of likely N-dealkylation sites (tertiary alicyclic amines) is 1. The zero-order valence-electron chi connectivity index (χ0n) is 16.4. The average molecular weight is 386 g/mol. The molecule has 2 aromatic heterocycles. The fourth-order valence-corrected chi connectivity index (χ4v) is 3.94. The van der Waals surface area contributed by atoms with Crippen LogP contribution in [0.4, 0.5) is 0 Å². The zero-order valence-corrected chi connectivity index (χ0v) is 16.4. The highest BCUT2D eigenvalue weighted by molar-refractivity contribution is 5.92. The molecule has 0 spiro atoms. The molecule has 1 amide bonds. The number of amides is 1. The number of hydrogen-bond donors (Lipinski definition) is 0. The number of nitrogens with zero attached hydrogens (tertiary/aromatic N) is 4. The van der Waals surface area contributed by atoms with Crippen LogP contribution in [0.15, 0.2) is 22.9 Å². The molecule has 1 saturated heterocycles. The van der Waals surface area contributed by atoms with Gasteiger partial charge >= 0.3 is 0 Å². The van der Waals surface area contributed by atoms with Gasteiger partial charge in [0.25, 0.3) is 5.91 Å². The van der Waals surface area contributed by atoms with Gasteiger partial charge in [0.2, 0.25) is 11.8 Å². The average Bonchev–Trinajstić information content (AvgIpc) is 3.37. The van der Waals surface area contributed by atoms with Gasteiger partial charge in [-0.05, 0) is 31.4 Å². The standard InChI is InChI=1S/C20H26N4O4/c1-3-27-15-6-8-23(10-15)12-18-22-17(13-28-18)20(25)24-9-5-14-4-7-21-19(26-2)16(14)11-24/h4,7,13,15H,3,5-6,8-12H2,1-2H3. The van der Waals surface area contributed by atoms with Crippen molar-refractivity contribution in [1.82, 2.24) is 19.8 Å². The maximum absolute atomic E-state index is 12.9. The highest BCUT2D eigenvalue weighted by Gasteiger charge is 2.28. The van der Waals surface area contributed by atoms with E-state index in [1.54, 1.807) is 18.2 Å². The summed E-state index contributed by atoms with van der Waals surface area (Å²) >= 11 is 0. The summed E-state index contributed by atoms with van der Waals surface area (Å²) < 4.78 is 16.6. The fraction of sp³-hybridized carbons (Fsp3) is 0.550. The van der Waals surface area contributed by atoms with E-state index >= 15 is 0 Å². The SMILES string of the molecule is CCOC1CCN(Cc2nc(C(=O)N3CCc4ccnc(OC)c4C3)co2)C1. The van der Waals surface area contributed by atoms with Gasteiger partial charge in [0.1, 0.15) is 6.26 Å².